The Morgan fingerprint density at radius 1 is 1.33 bits per heavy atom. The molecule has 0 amide bonds. The predicted octanol–water partition coefficient (Wildman–Crippen LogP) is 1.17. The summed E-state index contributed by atoms with van der Waals surface area (Å²) in [5.74, 6) is -0.641. The van der Waals surface area contributed by atoms with Gasteiger partial charge in [-0.25, -0.2) is 12.8 Å². The highest BCUT2D eigenvalue weighted by atomic mass is 35.5. The number of nitrogens with zero attached hydrogens (tertiary/aromatic N) is 2. The summed E-state index contributed by atoms with van der Waals surface area (Å²) in [4.78, 5) is 2.01. The molecule has 1 aliphatic heterocycles. The smallest absolute Gasteiger partial charge is 0.243 e. The standard InChI is InChI=1S/C13H18ClFN2O3S/c1-10(18)9-16-4-6-17(7-5-16)21(19,20)11-2-3-13(15)12(14)8-11/h2-3,8,10,18H,4-7,9H2,1H3/t10-/m1/s1. The molecule has 0 radical (unpaired) electrons. The highest BCUT2D eigenvalue weighted by Gasteiger charge is 2.29. The maximum Gasteiger partial charge on any atom is 0.243 e. The molecule has 0 aromatic heterocycles. The molecule has 1 aromatic rings. The van der Waals surface area contributed by atoms with Crippen LogP contribution in [0.3, 0.4) is 0 Å². The van der Waals surface area contributed by atoms with Crippen molar-refractivity contribution in [2.45, 2.75) is 17.9 Å². The van der Waals surface area contributed by atoms with Gasteiger partial charge in [0.05, 0.1) is 16.0 Å². The zero-order valence-electron chi connectivity index (χ0n) is 11.7. The average Bonchev–Trinajstić information content (AvgIpc) is 2.41. The summed E-state index contributed by atoms with van der Waals surface area (Å²) >= 11 is 5.65. The van der Waals surface area contributed by atoms with Crippen LogP contribution in [0.25, 0.3) is 0 Å². The van der Waals surface area contributed by atoms with Crippen LogP contribution in [-0.2, 0) is 10.0 Å². The Balaban J connectivity index is 2.09. The Labute approximate surface area is 129 Å². The van der Waals surface area contributed by atoms with Crippen molar-refractivity contribution in [2.24, 2.45) is 0 Å². The fourth-order valence-electron chi connectivity index (χ4n) is 2.31. The lowest BCUT2D eigenvalue weighted by Crippen LogP contribution is -2.50. The van der Waals surface area contributed by atoms with Gasteiger partial charge in [-0.15, -0.1) is 0 Å². The SMILES string of the molecule is C[C@@H](O)CN1CCN(S(=O)(=O)c2ccc(F)c(Cl)c2)CC1. The van der Waals surface area contributed by atoms with Gasteiger partial charge in [-0.05, 0) is 25.1 Å². The first kappa shape index (κ1) is 16.6. The second-order valence-electron chi connectivity index (χ2n) is 5.13. The summed E-state index contributed by atoms with van der Waals surface area (Å²) in [6.07, 6.45) is -0.441. The molecule has 5 nitrogen and oxygen atoms in total. The molecule has 1 aromatic carbocycles. The Hall–Kier alpha value is -0.730. The van der Waals surface area contributed by atoms with Crippen LogP contribution in [0.2, 0.25) is 5.02 Å². The van der Waals surface area contributed by atoms with Crippen molar-refractivity contribution < 1.29 is 17.9 Å². The lowest BCUT2D eigenvalue weighted by Gasteiger charge is -2.34. The Kier molecular flexibility index (Phi) is 5.21. The van der Waals surface area contributed by atoms with E-state index in [1.54, 1.807) is 6.92 Å². The molecule has 1 fully saturated rings. The molecule has 1 N–H and O–H groups in total. The van der Waals surface area contributed by atoms with Crippen molar-refractivity contribution in [1.82, 2.24) is 9.21 Å². The fourth-order valence-corrected chi connectivity index (χ4v) is 4.01. The minimum atomic E-state index is -3.66. The molecule has 0 bridgehead atoms. The fraction of sp³-hybridized carbons (Fsp3) is 0.538. The molecular formula is C13H18ClFN2O3S. The first-order valence-corrected chi connectivity index (χ1v) is 8.48. The van der Waals surface area contributed by atoms with Crippen LogP contribution >= 0.6 is 11.6 Å². The number of piperazine rings is 1. The molecule has 0 saturated carbocycles. The topological polar surface area (TPSA) is 60.9 Å². The molecule has 1 heterocycles. The van der Waals surface area contributed by atoms with Gasteiger partial charge in [-0.1, -0.05) is 11.6 Å². The van der Waals surface area contributed by atoms with E-state index in [0.29, 0.717) is 32.7 Å². The van der Waals surface area contributed by atoms with E-state index in [4.69, 9.17) is 11.6 Å². The number of rotatable bonds is 4. The number of hydrogen-bond donors (Lipinski definition) is 1. The van der Waals surface area contributed by atoms with Crippen LogP contribution in [0, 0.1) is 5.82 Å². The van der Waals surface area contributed by atoms with E-state index in [-0.39, 0.29) is 9.92 Å². The van der Waals surface area contributed by atoms with Gasteiger partial charge in [0.1, 0.15) is 5.82 Å². The summed E-state index contributed by atoms with van der Waals surface area (Å²) in [6, 6.07) is 3.41. The first-order valence-electron chi connectivity index (χ1n) is 6.66. The van der Waals surface area contributed by atoms with Gasteiger partial charge in [0.2, 0.25) is 10.0 Å². The number of benzene rings is 1. The first-order chi connectivity index (χ1) is 9.80. The van der Waals surface area contributed by atoms with Gasteiger partial charge in [-0.2, -0.15) is 4.31 Å². The van der Waals surface area contributed by atoms with Crippen molar-refractivity contribution in [3.63, 3.8) is 0 Å². The summed E-state index contributed by atoms with van der Waals surface area (Å²) in [6.45, 7) is 4.01. The Morgan fingerprint density at radius 2 is 1.95 bits per heavy atom. The van der Waals surface area contributed by atoms with Crippen LogP contribution in [0.4, 0.5) is 4.39 Å². The summed E-state index contributed by atoms with van der Waals surface area (Å²) in [7, 11) is -3.66. The molecule has 2 rings (SSSR count). The highest BCUT2D eigenvalue weighted by Crippen LogP contribution is 2.23. The molecule has 118 valence electrons. The molecule has 0 spiro atoms. The van der Waals surface area contributed by atoms with Crippen molar-refractivity contribution in [2.75, 3.05) is 32.7 Å². The minimum absolute atomic E-state index is 0.00197. The lowest BCUT2D eigenvalue weighted by molar-refractivity contribution is 0.103. The summed E-state index contributed by atoms with van der Waals surface area (Å²) in [5, 5.41) is 9.14. The quantitative estimate of drug-likeness (QED) is 0.896. The zero-order chi connectivity index (χ0) is 15.6. The number of sulfonamides is 1. The summed E-state index contributed by atoms with van der Waals surface area (Å²) < 4.78 is 39.4. The van der Waals surface area contributed by atoms with Crippen LogP contribution in [0.5, 0.6) is 0 Å². The van der Waals surface area contributed by atoms with Crippen LogP contribution < -0.4 is 0 Å². The average molecular weight is 337 g/mol. The molecule has 1 saturated heterocycles. The molecular weight excluding hydrogens is 319 g/mol. The van der Waals surface area contributed by atoms with Gasteiger partial charge in [0, 0.05) is 32.7 Å². The van der Waals surface area contributed by atoms with Crippen molar-refractivity contribution in [3.05, 3.63) is 29.0 Å². The summed E-state index contributed by atoms with van der Waals surface area (Å²) in [5.41, 5.74) is 0. The largest absolute Gasteiger partial charge is 0.392 e. The second-order valence-corrected chi connectivity index (χ2v) is 7.47. The van der Waals surface area contributed by atoms with Crippen molar-refractivity contribution >= 4 is 21.6 Å². The van der Waals surface area contributed by atoms with Gasteiger partial charge in [-0.3, -0.25) is 4.90 Å². The third kappa shape index (κ3) is 3.92. The van der Waals surface area contributed by atoms with Gasteiger partial charge >= 0.3 is 0 Å². The third-order valence-electron chi connectivity index (χ3n) is 3.38. The number of aliphatic hydroxyl groups excluding tert-OH is 1. The van der Waals surface area contributed by atoms with E-state index in [9.17, 15) is 17.9 Å². The van der Waals surface area contributed by atoms with Crippen LogP contribution in [-0.4, -0.2) is 61.6 Å². The van der Waals surface area contributed by atoms with Crippen molar-refractivity contribution in [3.8, 4) is 0 Å². The van der Waals surface area contributed by atoms with E-state index in [2.05, 4.69) is 0 Å². The van der Waals surface area contributed by atoms with Gasteiger partial charge in [0.15, 0.2) is 0 Å². The van der Waals surface area contributed by atoms with Gasteiger partial charge in [0.25, 0.3) is 0 Å². The maximum atomic E-state index is 13.1. The number of aliphatic hydroxyl groups is 1. The van der Waals surface area contributed by atoms with E-state index >= 15 is 0 Å². The van der Waals surface area contributed by atoms with Crippen molar-refractivity contribution in [1.29, 1.82) is 0 Å². The second kappa shape index (κ2) is 6.58. The molecule has 0 aliphatic carbocycles. The molecule has 8 heteroatoms. The number of halogens is 2. The van der Waals surface area contributed by atoms with E-state index in [0.717, 1.165) is 12.1 Å². The molecule has 1 atom stereocenters. The molecule has 21 heavy (non-hydrogen) atoms. The highest BCUT2D eigenvalue weighted by molar-refractivity contribution is 7.89. The maximum absolute atomic E-state index is 13.1. The van der Waals surface area contributed by atoms with E-state index < -0.39 is 21.9 Å². The molecule has 0 unspecified atom stereocenters. The third-order valence-corrected chi connectivity index (χ3v) is 5.57. The van der Waals surface area contributed by atoms with Crippen LogP contribution in [0.15, 0.2) is 23.1 Å². The zero-order valence-corrected chi connectivity index (χ0v) is 13.2. The minimum Gasteiger partial charge on any atom is -0.392 e. The predicted molar refractivity (Wildman–Crippen MR) is 78.3 cm³/mol. The van der Waals surface area contributed by atoms with E-state index in [1.807, 2.05) is 4.90 Å². The lowest BCUT2D eigenvalue weighted by atomic mass is 10.3. The van der Waals surface area contributed by atoms with Gasteiger partial charge < -0.3 is 5.11 Å². The Morgan fingerprint density at radius 3 is 2.48 bits per heavy atom. The number of hydrogen-bond acceptors (Lipinski definition) is 4. The Bertz CT molecular complexity index is 601. The number of β-amino-alcohol motifs (C(OH)–C–C–N with tert-alkyl or cyclic N) is 1. The van der Waals surface area contributed by atoms with E-state index in [1.165, 1.54) is 10.4 Å². The monoisotopic (exact) mass is 336 g/mol. The molecule has 1 aliphatic rings. The normalized spacial score (nSPS) is 19.6. The van der Waals surface area contributed by atoms with Crippen LogP contribution in [0.1, 0.15) is 6.92 Å².